The van der Waals surface area contributed by atoms with Crippen molar-refractivity contribution >= 4 is 0 Å². The van der Waals surface area contributed by atoms with Gasteiger partial charge in [0, 0.05) is 18.3 Å². The van der Waals surface area contributed by atoms with Crippen molar-refractivity contribution in [1.82, 2.24) is 15.1 Å². The van der Waals surface area contributed by atoms with Crippen molar-refractivity contribution in [3.8, 4) is 0 Å². The molecule has 1 atom stereocenters. The monoisotopic (exact) mass is 253 g/mol. The highest BCUT2D eigenvalue weighted by Crippen LogP contribution is 2.14. The van der Waals surface area contributed by atoms with Gasteiger partial charge in [-0.05, 0) is 51.6 Å². The molecular formula is C14H27N3O. The number of hydrogen-bond acceptors (Lipinski definition) is 3. The third-order valence-corrected chi connectivity index (χ3v) is 3.28. The van der Waals surface area contributed by atoms with Crippen LogP contribution in [0.1, 0.15) is 45.1 Å². The van der Waals surface area contributed by atoms with Crippen molar-refractivity contribution in [1.29, 1.82) is 0 Å². The number of aromatic nitrogens is 2. The second kappa shape index (κ2) is 7.54. The zero-order valence-corrected chi connectivity index (χ0v) is 11.9. The summed E-state index contributed by atoms with van der Waals surface area (Å²) in [5.74, 6) is 0. The lowest BCUT2D eigenvalue weighted by Gasteiger charge is -2.28. The highest BCUT2D eigenvalue weighted by Gasteiger charge is 2.21. The molecule has 18 heavy (non-hydrogen) atoms. The van der Waals surface area contributed by atoms with E-state index >= 15 is 0 Å². The normalized spacial score (nSPS) is 14.7. The zero-order valence-electron chi connectivity index (χ0n) is 11.9. The molecule has 0 amide bonds. The topological polar surface area (TPSA) is 50.1 Å². The predicted octanol–water partition coefficient (Wildman–Crippen LogP) is 2.11. The van der Waals surface area contributed by atoms with E-state index in [1.807, 2.05) is 10.9 Å². The predicted molar refractivity (Wildman–Crippen MR) is 74.6 cm³/mol. The third-order valence-electron chi connectivity index (χ3n) is 3.28. The third kappa shape index (κ3) is 5.19. The highest BCUT2D eigenvalue weighted by atomic mass is 16.3. The summed E-state index contributed by atoms with van der Waals surface area (Å²) in [6.45, 7) is 8.43. The first kappa shape index (κ1) is 15.2. The number of nitrogens with zero attached hydrogens (tertiary/aromatic N) is 2. The van der Waals surface area contributed by atoms with E-state index in [1.165, 1.54) is 5.56 Å². The molecular weight excluding hydrogens is 226 g/mol. The van der Waals surface area contributed by atoms with Crippen LogP contribution >= 0.6 is 0 Å². The second-order valence-electron chi connectivity index (χ2n) is 5.38. The Bertz CT molecular complexity index is 338. The Balaban J connectivity index is 2.22. The summed E-state index contributed by atoms with van der Waals surface area (Å²) in [7, 11) is 0. The van der Waals surface area contributed by atoms with Crippen molar-refractivity contribution in [3.63, 3.8) is 0 Å². The van der Waals surface area contributed by atoms with Crippen molar-refractivity contribution in [2.75, 3.05) is 13.2 Å². The fourth-order valence-electron chi connectivity index (χ4n) is 2.03. The van der Waals surface area contributed by atoms with Crippen molar-refractivity contribution < 1.29 is 5.11 Å². The summed E-state index contributed by atoms with van der Waals surface area (Å²) in [4.78, 5) is 0. The van der Waals surface area contributed by atoms with Crippen LogP contribution in [0.25, 0.3) is 0 Å². The molecule has 104 valence electrons. The standard InChI is InChI=1S/C14H27N3O/c1-4-8-15-14(3,12-18)7-5-6-9-17-11-13(2)10-16-17/h10-11,15,18H,4-9,12H2,1-3H3. The van der Waals surface area contributed by atoms with Crippen LogP contribution in [0, 0.1) is 6.92 Å². The minimum absolute atomic E-state index is 0.129. The van der Waals surface area contributed by atoms with Crippen LogP contribution in [-0.4, -0.2) is 33.6 Å². The van der Waals surface area contributed by atoms with Crippen LogP contribution < -0.4 is 5.32 Å². The molecule has 0 bridgehead atoms. The molecule has 0 saturated heterocycles. The first-order valence-corrected chi connectivity index (χ1v) is 6.94. The van der Waals surface area contributed by atoms with E-state index in [0.29, 0.717) is 0 Å². The van der Waals surface area contributed by atoms with Gasteiger partial charge in [0.1, 0.15) is 0 Å². The van der Waals surface area contributed by atoms with E-state index in [9.17, 15) is 5.11 Å². The minimum atomic E-state index is -0.129. The van der Waals surface area contributed by atoms with Crippen LogP contribution in [0.2, 0.25) is 0 Å². The molecule has 0 spiro atoms. The Kier molecular flexibility index (Phi) is 6.36. The number of nitrogens with one attached hydrogen (secondary N) is 1. The first-order chi connectivity index (χ1) is 8.59. The van der Waals surface area contributed by atoms with Gasteiger partial charge in [-0.3, -0.25) is 4.68 Å². The molecule has 4 heteroatoms. The molecule has 0 aliphatic carbocycles. The van der Waals surface area contributed by atoms with Crippen LogP contribution in [0.4, 0.5) is 0 Å². The molecule has 0 saturated carbocycles. The number of aryl methyl sites for hydroxylation is 2. The van der Waals surface area contributed by atoms with Gasteiger partial charge in [0.2, 0.25) is 0 Å². The largest absolute Gasteiger partial charge is 0.394 e. The minimum Gasteiger partial charge on any atom is -0.394 e. The lowest BCUT2D eigenvalue weighted by Crippen LogP contribution is -2.46. The average Bonchev–Trinajstić information content (AvgIpc) is 2.78. The lowest BCUT2D eigenvalue weighted by molar-refractivity contribution is 0.162. The number of hydrogen-bond donors (Lipinski definition) is 2. The van der Waals surface area contributed by atoms with Gasteiger partial charge in [-0.25, -0.2) is 0 Å². The van der Waals surface area contributed by atoms with E-state index in [0.717, 1.165) is 38.8 Å². The van der Waals surface area contributed by atoms with Crippen LogP contribution in [0.15, 0.2) is 12.4 Å². The quantitative estimate of drug-likeness (QED) is 0.663. The molecule has 0 aliphatic rings. The molecule has 1 unspecified atom stereocenters. The van der Waals surface area contributed by atoms with E-state index < -0.39 is 0 Å². The van der Waals surface area contributed by atoms with Crippen molar-refractivity contribution in [2.45, 2.75) is 58.5 Å². The number of aliphatic hydroxyl groups excluding tert-OH is 1. The van der Waals surface area contributed by atoms with E-state index in [4.69, 9.17) is 0 Å². The number of rotatable bonds is 9. The lowest BCUT2D eigenvalue weighted by atomic mass is 9.95. The summed E-state index contributed by atoms with van der Waals surface area (Å²) in [5, 5.41) is 17.1. The van der Waals surface area contributed by atoms with Gasteiger partial charge in [0.25, 0.3) is 0 Å². The van der Waals surface area contributed by atoms with Gasteiger partial charge in [0.15, 0.2) is 0 Å². The van der Waals surface area contributed by atoms with Crippen molar-refractivity contribution in [2.24, 2.45) is 0 Å². The Morgan fingerprint density at radius 3 is 2.78 bits per heavy atom. The van der Waals surface area contributed by atoms with E-state index in [2.05, 4.69) is 37.4 Å². The summed E-state index contributed by atoms with van der Waals surface area (Å²) in [5.41, 5.74) is 1.08. The molecule has 0 aromatic carbocycles. The van der Waals surface area contributed by atoms with Gasteiger partial charge in [0.05, 0.1) is 12.8 Å². The zero-order chi connectivity index (χ0) is 13.4. The van der Waals surface area contributed by atoms with E-state index in [-0.39, 0.29) is 12.1 Å². The van der Waals surface area contributed by atoms with Gasteiger partial charge in [-0.1, -0.05) is 6.92 Å². The number of aliphatic hydroxyl groups is 1. The summed E-state index contributed by atoms with van der Waals surface area (Å²) in [6.07, 6.45) is 8.27. The fourth-order valence-corrected chi connectivity index (χ4v) is 2.03. The van der Waals surface area contributed by atoms with Crippen molar-refractivity contribution in [3.05, 3.63) is 18.0 Å². The molecule has 1 aromatic rings. The maximum absolute atomic E-state index is 9.45. The second-order valence-corrected chi connectivity index (χ2v) is 5.38. The molecule has 0 radical (unpaired) electrons. The summed E-state index contributed by atoms with van der Waals surface area (Å²) >= 11 is 0. The Labute approximate surface area is 110 Å². The molecule has 2 N–H and O–H groups in total. The molecule has 0 fully saturated rings. The van der Waals surface area contributed by atoms with Gasteiger partial charge < -0.3 is 10.4 Å². The van der Waals surface area contributed by atoms with Crippen LogP contribution in [-0.2, 0) is 6.54 Å². The summed E-state index contributed by atoms with van der Waals surface area (Å²) < 4.78 is 1.99. The smallest absolute Gasteiger partial charge is 0.0610 e. The molecule has 1 heterocycles. The maximum atomic E-state index is 9.45. The van der Waals surface area contributed by atoms with Gasteiger partial charge in [-0.15, -0.1) is 0 Å². The van der Waals surface area contributed by atoms with Crippen LogP contribution in [0.5, 0.6) is 0 Å². The Morgan fingerprint density at radius 1 is 1.44 bits per heavy atom. The molecule has 0 aliphatic heterocycles. The Morgan fingerprint density at radius 2 is 2.22 bits per heavy atom. The Hall–Kier alpha value is -0.870. The summed E-state index contributed by atoms with van der Waals surface area (Å²) in [6, 6.07) is 0. The highest BCUT2D eigenvalue weighted by molar-refractivity contribution is 4.99. The molecule has 1 rings (SSSR count). The molecule has 4 nitrogen and oxygen atoms in total. The fraction of sp³-hybridized carbons (Fsp3) is 0.786. The SMILES string of the molecule is CCCNC(C)(CO)CCCCn1cc(C)cn1. The van der Waals surface area contributed by atoms with Gasteiger partial charge >= 0.3 is 0 Å². The average molecular weight is 253 g/mol. The number of unbranched alkanes of at least 4 members (excludes halogenated alkanes) is 1. The first-order valence-electron chi connectivity index (χ1n) is 6.94. The van der Waals surface area contributed by atoms with Gasteiger partial charge in [-0.2, -0.15) is 5.10 Å². The maximum Gasteiger partial charge on any atom is 0.0610 e. The van der Waals surface area contributed by atoms with E-state index in [1.54, 1.807) is 0 Å². The van der Waals surface area contributed by atoms with Crippen LogP contribution in [0.3, 0.4) is 0 Å². The molecule has 1 aromatic heterocycles.